The maximum absolute atomic E-state index is 15.6. The second kappa shape index (κ2) is 9.22. The van der Waals surface area contributed by atoms with Crippen molar-refractivity contribution in [2.45, 2.75) is 113 Å². The smallest absolute Gasteiger partial charge is 0.394 e. The van der Waals surface area contributed by atoms with Crippen LogP contribution in [0.25, 0.3) is 0 Å². The predicted molar refractivity (Wildman–Crippen MR) is 154 cm³/mol. The van der Waals surface area contributed by atoms with Gasteiger partial charge in [0.1, 0.15) is 11.5 Å². The van der Waals surface area contributed by atoms with Crippen molar-refractivity contribution in [3.8, 4) is 11.5 Å². The van der Waals surface area contributed by atoms with Gasteiger partial charge < -0.3 is 10.2 Å². The molecule has 8 fully saturated rings. The van der Waals surface area contributed by atoms with E-state index in [1.165, 1.54) is 24.3 Å². The van der Waals surface area contributed by atoms with Crippen molar-refractivity contribution in [2.75, 3.05) is 0 Å². The normalized spacial score (nSPS) is 43.8. The fourth-order valence-electron chi connectivity index (χ4n) is 13.8. The SMILES string of the molecule is Oc1ccc(C23CC4(C(F)(F)F)CC(C(F)(F)F)(C2)CC(C25CC6(c7ccc(O)cc7)CC(C(F)(F)F)(CC(C(F)(F)F)(C6)C2)C5)(C3)C4)cc1. The molecule has 2 aromatic carbocycles. The van der Waals surface area contributed by atoms with E-state index in [1.807, 2.05) is 0 Å². The molecule has 0 aliphatic heterocycles. The van der Waals surface area contributed by atoms with E-state index in [0.717, 1.165) is 24.3 Å². The van der Waals surface area contributed by atoms with Crippen molar-refractivity contribution in [3.05, 3.63) is 59.7 Å². The Bertz CT molecular complexity index is 1530. The number of hydrogen-bond donors (Lipinski definition) is 2. The van der Waals surface area contributed by atoms with Gasteiger partial charge in [-0.15, -0.1) is 0 Å². The lowest BCUT2D eigenvalue weighted by Crippen LogP contribution is -2.77. The monoisotopic (exact) mass is 726 g/mol. The first-order valence-electron chi connectivity index (χ1n) is 16.6. The van der Waals surface area contributed by atoms with Crippen LogP contribution in [-0.2, 0) is 10.8 Å². The largest absolute Gasteiger partial charge is 0.508 e. The van der Waals surface area contributed by atoms with Crippen molar-refractivity contribution >= 4 is 0 Å². The summed E-state index contributed by atoms with van der Waals surface area (Å²) >= 11 is 0. The van der Waals surface area contributed by atoms with Gasteiger partial charge >= 0.3 is 24.7 Å². The van der Waals surface area contributed by atoms with Gasteiger partial charge in [-0.05, 0) is 134 Å². The molecule has 4 unspecified atom stereocenters. The molecule has 0 amide bonds. The van der Waals surface area contributed by atoms with Gasteiger partial charge in [-0.2, -0.15) is 52.7 Å². The molecule has 0 radical (unpaired) electrons. The molecule has 10 rings (SSSR count). The summed E-state index contributed by atoms with van der Waals surface area (Å²) in [5.41, 5.74) is -20.2. The highest BCUT2D eigenvalue weighted by molar-refractivity contribution is 5.42. The number of phenolic OH excluding ortho intramolecular Hbond substituents is 2. The number of aromatic hydroxyl groups is 2. The van der Waals surface area contributed by atoms with E-state index >= 15 is 52.7 Å². The topological polar surface area (TPSA) is 40.5 Å². The molecule has 4 atom stereocenters. The molecule has 8 bridgehead atoms. The number of alkyl halides is 12. The van der Waals surface area contributed by atoms with E-state index in [0.29, 0.717) is 0 Å². The third kappa shape index (κ3) is 4.13. The van der Waals surface area contributed by atoms with Gasteiger partial charge in [0.2, 0.25) is 0 Å². The van der Waals surface area contributed by atoms with Crippen molar-refractivity contribution in [3.63, 3.8) is 0 Å². The Kier molecular flexibility index (Phi) is 6.32. The van der Waals surface area contributed by atoms with Crippen molar-refractivity contribution in [2.24, 2.45) is 32.5 Å². The summed E-state index contributed by atoms with van der Waals surface area (Å²) in [5.74, 6) is -0.610. The Morgan fingerprint density at radius 3 is 0.800 bits per heavy atom. The third-order valence-electron chi connectivity index (χ3n) is 14.6. The summed E-state index contributed by atoms with van der Waals surface area (Å²) < 4.78 is 187. The average molecular weight is 727 g/mol. The van der Waals surface area contributed by atoms with Crippen LogP contribution in [0.1, 0.15) is 88.2 Å². The minimum Gasteiger partial charge on any atom is -0.508 e. The van der Waals surface area contributed by atoms with Gasteiger partial charge in [0.15, 0.2) is 0 Å². The molecule has 0 spiro atoms. The Hall–Kier alpha value is -2.80. The molecule has 50 heavy (non-hydrogen) atoms. The second-order valence-electron chi connectivity index (χ2n) is 17.4. The highest BCUT2D eigenvalue weighted by Crippen LogP contribution is 2.89. The Balaban J connectivity index is 1.44. The first-order valence-corrected chi connectivity index (χ1v) is 16.6. The van der Waals surface area contributed by atoms with E-state index < -0.39 is 145 Å². The number of halogens is 12. The van der Waals surface area contributed by atoms with E-state index in [2.05, 4.69) is 0 Å². The van der Waals surface area contributed by atoms with E-state index in [4.69, 9.17) is 0 Å². The lowest BCUT2D eigenvalue weighted by molar-refractivity contribution is -0.406. The van der Waals surface area contributed by atoms with Crippen molar-refractivity contribution in [1.29, 1.82) is 0 Å². The minimum absolute atomic E-state index is 0.0510. The summed E-state index contributed by atoms with van der Waals surface area (Å²) in [5, 5.41) is 20.0. The maximum Gasteiger partial charge on any atom is 0.394 e. The van der Waals surface area contributed by atoms with Crippen LogP contribution in [0.5, 0.6) is 11.5 Å². The van der Waals surface area contributed by atoms with Gasteiger partial charge in [0.05, 0.1) is 21.7 Å². The van der Waals surface area contributed by atoms with E-state index in [-0.39, 0.29) is 22.6 Å². The van der Waals surface area contributed by atoms with Crippen LogP contribution in [0, 0.1) is 32.5 Å². The number of phenols is 2. The van der Waals surface area contributed by atoms with Crippen LogP contribution in [0.3, 0.4) is 0 Å². The number of hydrogen-bond acceptors (Lipinski definition) is 2. The molecule has 0 aromatic heterocycles. The zero-order valence-electron chi connectivity index (χ0n) is 26.5. The zero-order valence-corrected chi connectivity index (χ0v) is 26.5. The number of benzene rings is 2. The highest BCUT2D eigenvalue weighted by atomic mass is 19.4. The highest BCUT2D eigenvalue weighted by Gasteiger charge is 2.87. The first-order chi connectivity index (χ1) is 22.7. The van der Waals surface area contributed by atoms with Crippen LogP contribution in [-0.4, -0.2) is 34.9 Å². The summed E-state index contributed by atoms with van der Waals surface area (Å²) in [6.45, 7) is 0. The quantitative estimate of drug-likeness (QED) is 0.309. The molecule has 8 saturated carbocycles. The third-order valence-corrected chi connectivity index (χ3v) is 14.6. The average Bonchev–Trinajstić information content (AvgIpc) is 2.94. The lowest BCUT2D eigenvalue weighted by atomic mass is 9.24. The molecule has 8 aliphatic rings. The van der Waals surface area contributed by atoms with Gasteiger partial charge in [-0.1, -0.05) is 24.3 Å². The molecule has 2 nitrogen and oxygen atoms in total. The van der Waals surface area contributed by atoms with E-state index in [1.54, 1.807) is 0 Å². The van der Waals surface area contributed by atoms with Crippen molar-refractivity contribution in [1.82, 2.24) is 0 Å². The first kappa shape index (κ1) is 34.3. The van der Waals surface area contributed by atoms with Crippen LogP contribution >= 0.6 is 0 Å². The Morgan fingerprint density at radius 1 is 0.340 bits per heavy atom. The van der Waals surface area contributed by atoms with E-state index in [9.17, 15) is 10.2 Å². The Morgan fingerprint density at radius 2 is 0.580 bits per heavy atom. The summed E-state index contributed by atoms with van der Waals surface area (Å²) in [7, 11) is 0. The van der Waals surface area contributed by atoms with Gasteiger partial charge in [-0.3, -0.25) is 0 Å². The molecule has 8 aliphatic carbocycles. The van der Waals surface area contributed by atoms with Crippen LogP contribution < -0.4 is 0 Å². The van der Waals surface area contributed by atoms with Gasteiger partial charge in [-0.25, -0.2) is 0 Å². The standard InChI is InChI=1S/C36H34F12O2/c37-33(38,39)29-11-25(21-1-5-23(49)6-2-21)9-27(15-29,16-30(12-25,19-29)34(40,41)42)28-10-26(22-3-7-24(50)8-4-22)13-31(17-28,35(43,44)45)20-32(14-26,18-28)36(46,47)48/h1-8,49-50H,9-20H2. The number of rotatable bonds is 3. The fourth-order valence-corrected chi connectivity index (χ4v) is 13.8. The maximum atomic E-state index is 15.6. The molecule has 2 N–H and O–H groups in total. The second-order valence-corrected chi connectivity index (χ2v) is 17.4. The Labute approximate surface area is 279 Å². The summed E-state index contributed by atoms with van der Waals surface area (Å²) in [4.78, 5) is 0. The summed E-state index contributed by atoms with van der Waals surface area (Å²) in [6.07, 6.45) is -31.7. The molecule has 0 heterocycles. The minimum atomic E-state index is -5.25. The molecule has 0 saturated heterocycles. The molecule has 14 heteroatoms. The fraction of sp³-hybridized carbons (Fsp3) is 0.667. The van der Waals surface area contributed by atoms with Crippen molar-refractivity contribution < 1.29 is 62.9 Å². The van der Waals surface area contributed by atoms with Crippen LogP contribution in [0.15, 0.2) is 48.5 Å². The summed E-state index contributed by atoms with van der Waals surface area (Å²) in [6, 6.07) is 9.44. The molecule has 2 aromatic rings. The molecule has 274 valence electrons. The van der Waals surface area contributed by atoms with Crippen LogP contribution in [0.4, 0.5) is 52.7 Å². The zero-order chi connectivity index (χ0) is 36.5. The van der Waals surface area contributed by atoms with Gasteiger partial charge in [0, 0.05) is 0 Å². The van der Waals surface area contributed by atoms with Crippen LogP contribution in [0.2, 0.25) is 0 Å². The predicted octanol–water partition coefficient (Wildman–Crippen LogP) is 11.2. The molecular weight excluding hydrogens is 692 g/mol. The molecular formula is C36H34F12O2. The van der Waals surface area contributed by atoms with Gasteiger partial charge in [0.25, 0.3) is 0 Å². The lowest BCUT2D eigenvalue weighted by Gasteiger charge is -2.80.